The van der Waals surface area contributed by atoms with Gasteiger partial charge in [-0.1, -0.05) is 0 Å². The number of hydrogen-bond acceptors (Lipinski definition) is 3. The van der Waals surface area contributed by atoms with E-state index in [9.17, 15) is 0 Å². The van der Waals surface area contributed by atoms with Gasteiger partial charge in [-0.15, -0.1) is 0 Å². The second-order valence-electron chi connectivity index (χ2n) is 4.20. The van der Waals surface area contributed by atoms with Gasteiger partial charge in [0.25, 0.3) is 0 Å². The summed E-state index contributed by atoms with van der Waals surface area (Å²) in [4.78, 5) is 2.47. The lowest BCUT2D eigenvalue weighted by molar-refractivity contribution is 0.0184. The van der Waals surface area contributed by atoms with E-state index in [1.54, 1.807) is 0 Å². The highest BCUT2D eigenvalue weighted by Crippen LogP contribution is 2.25. The minimum Gasteiger partial charge on any atom is -0.376 e. The lowest BCUT2D eigenvalue weighted by Gasteiger charge is -2.25. The summed E-state index contributed by atoms with van der Waals surface area (Å²) >= 11 is 0. The molecule has 0 aromatic rings. The van der Waals surface area contributed by atoms with Crippen LogP contribution in [0.1, 0.15) is 19.3 Å². The Hall–Kier alpha value is -0.120. The standard InChI is InChI=1S/C10H20N2O/c1-12(9-2-3-9)6-4-10-8-11-5-7-13-10/h9-11H,2-8H2,1H3. The van der Waals surface area contributed by atoms with Crippen molar-refractivity contribution in [3.8, 4) is 0 Å². The molecular formula is C10H20N2O. The highest BCUT2D eigenvalue weighted by molar-refractivity contribution is 4.83. The lowest BCUT2D eigenvalue weighted by Crippen LogP contribution is -2.40. The zero-order valence-electron chi connectivity index (χ0n) is 8.46. The number of nitrogens with zero attached hydrogens (tertiary/aromatic N) is 1. The van der Waals surface area contributed by atoms with E-state index >= 15 is 0 Å². The molecule has 0 radical (unpaired) electrons. The first-order valence-electron chi connectivity index (χ1n) is 5.39. The third kappa shape index (κ3) is 2.93. The molecule has 0 spiro atoms. The Morgan fingerprint density at radius 2 is 2.31 bits per heavy atom. The van der Waals surface area contributed by atoms with Crippen molar-refractivity contribution in [1.29, 1.82) is 0 Å². The van der Waals surface area contributed by atoms with Crippen LogP contribution in [-0.4, -0.2) is 50.3 Å². The molecule has 2 rings (SSSR count). The summed E-state index contributed by atoms with van der Waals surface area (Å²) in [7, 11) is 2.23. The summed E-state index contributed by atoms with van der Waals surface area (Å²) in [5.41, 5.74) is 0. The molecule has 1 aliphatic carbocycles. The smallest absolute Gasteiger partial charge is 0.0712 e. The maximum Gasteiger partial charge on any atom is 0.0712 e. The van der Waals surface area contributed by atoms with Crippen LogP contribution in [-0.2, 0) is 4.74 Å². The molecule has 0 aromatic carbocycles. The maximum atomic E-state index is 5.64. The van der Waals surface area contributed by atoms with E-state index in [2.05, 4.69) is 17.3 Å². The number of rotatable bonds is 4. The van der Waals surface area contributed by atoms with Crippen molar-refractivity contribution in [2.45, 2.75) is 31.4 Å². The number of hydrogen-bond donors (Lipinski definition) is 1. The quantitative estimate of drug-likeness (QED) is 0.687. The van der Waals surface area contributed by atoms with Crippen molar-refractivity contribution >= 4 is 0 Å². The molecule has 0 aromatic heterocycles. The molecule has 1 saturated carbocycles. The minimum absolute atomic E-state index is 0.454. The van der Waals surface area contributed by atoms with Gasteiger partial charge in [-0.3, -0.25) is 0 Å². The van der Waals surface area contributed by atoms with Crippen LogP contribution in [0.2, 0.25) is 0 Å². The molecule has 1 aliphatic heterocycles. The number of ether oxygens (including phenoxy) is 1. The molecule has 2 aliphatic rings. The molecule has 2 fully saturated rings. The zero-order valence-corrected chi connectivity index (χ0v) is 8.46. The maximum absolute atomic E-state index is 5.64. The molecule has 13 heavy (non-hydrogen) atoms. The molecule has 1 unspecified atom stereocenters. The Balaban J connectivity index is 1.60. The second kappa shape index (κ2) is 4.40. The van der Waals surface area contributed by atoms with E-state index in [-0.39, 0.29) is 0 Å². The van der Waals surface area contributed by atoms with E-state index in [0.29, 0.717) is 6.10 Å². The van der Waals surface area contributed by atoms with Gasteiger partial charge in [-0.2, -0.15) is 0 Å². The van der Waals surface area contributed by atoms with Gasteiger partial charge in [-0.05, 0) is 26.3 Å². The van der Waals surface area contributed by atoms with Crippen LogP contribution >= 0.6 is 0 Å². The third-order valence-electron chi connectivity index (χ3n) is 2.98. The van der Waals surface area contributed by atoms with Crippen LogP contribution in [0, 0.1) is 0 Å². The Kier molecular flexibility index (Phi) is 3.19. The van der Waals surface area contributed by atoms with Crippen molar-refractivity contribution in [3.63, 3.8) is 0 Å². The fraction of sp³-hybridized carbons (Fsp3) is 1.00. The summed E-state index contributed by atoms with van der Waals surface area (Å²) in [5.74, 6) is 0. The lowest BCUT2D eigenvalue weighted by atomic mass is 10.2. The number of nitrogens with one attached hydrogen (secondary N) is 1. The Labute approximate surface area is 80.4 Å². The summed E-state index contributed by atoms with van der Waals surface area (Å²) in [5, 5.41) is 3.36. The molecule has 1 N–H and O–H groups in total. The molecular weight excluding hydrogens is 164 g/mol. The Morgan fingerprint density at radius 1 is 1.46 bits per heavy atom. The van der Waals surface area contributed by atoms with Gasteiger partial charge >= 0.3 is 0 Å². The first kappa shape index (κ1) is 9.44. The molecule has 3 nitrogen and oxygen atoms in total. The van der Waals surface area contributed by atoms with E-state index in [0.717, 1.165) is 25.7 Å². The summed E-state index contributed by atoms with van der Waals surface area (Å²) < 4.78 is 5.64. The SMILES string of the molecule is CN(CCC1CNCCO1)C1CC1. The van der Waals surface area contributed by atoms with Crippen molar-refractivity contribution in [3.05, 3.63) is 0 Å². The van der Waals surface area contributed by atoms with Crippen molar-refractivity contribution < 1.29 is 4.74 Å². The highest BCUT2D eigenvalue weighted by atomic mass is 16.5. The van der Waals surface area contributed by atoms with Gasteiger partial charge in [-0.25, -0.2) is 0 Å². The van der Waals surface area contributed by atoms with Crippen LogP contribution in [0.25, 0.3) is 0 Å². The van der Waals surface area contributed by atoms with Crippen molar-refractivity contribution in [2.75, 3.05) is 33.3 Å². The van der Waals surface area contributed by atoms with Gasteiger partial charge < -0.3 is 15.0 Å². The number of morpholine rings is 1. The zero-order chi connectivity index (χ0) is 9.10. The monoisotopic (exact) mass is 184 g/mol. The summed E-state index contributed by atoms with van der Waals surface area (Å²) in [6.07, 6.45) is 4.44. The van der Waals surface area contributed by atoms with Crippen LogP contribution in [0.3, 0.4) is 0 Å². The average Bonchev–Trinajstić information content (AvgIpc) is 2.99. The average molecular weight is 184 g/mol. The summed E-state index contributed by atoms with van der Waals surface area (Å²) in [6, 6.07) is 0.886. The highest BCUT2D eigenvalue weighted by Gasteiger charge is 2.26. The predicted octanol–water partition coefficient (Wildman–Crippen LogP) is 0.459. The van der Waals surface area contributed by atoms with E-state index in [4.69, 9.17) is 4.74 Å². The van der Waals surface area contributed by atoms with Crippen LogP contribution in [0.5, 0.6) is 0 Å². The molecule has 1 atom stereocenters. The largest absolute Gasteiger partial charge is 0.376 e. The van der Waals surface area contributed by atoms with Gasteiger partial charge in [0.05, 0.1) is 12.7 Å². The van der Waals surface area contributed by atoms with E-state index in [1.807, 2.05) is 0 Å². The molecule has 0 bridgehead atoms. The van der Waals surface area contributed by atoms with E-state index < -0.39 is 0 Å². The molecule has 1 heterocycles. The van der Waals surface area contributed by atoms with Gasteiger partial charge in [0, 0.05) is 25.7 Å². The van der Waals surface area contributed by atoms with Gasteiger partial charge in [0.15, 0.2) is 0 Å². The van der Waals surface area contributed by atoms with Crippen LogP contribution < -0.4 is 5.32 Å². The van der Waals surface area contributed by atoms with Crippen LogP contribution in [0.4, 0.5) is 0 Å². The molecule has 0 amide bonds. The normalized spacial score (nSPS) is 29.5. The molecule has 76 valence electrons. The van der Waals surface area contributed by atoms with Gasteiger partial charge in [0.1, 0.15) is 0 Å². The third-order valence-corrected chi connectivity index (χ3v) is 2.98. The summed E-state index contributed by atoms with van der Waals surface area (Å²) in [6.45, 7) is 4.14. The minimum atomic E-state index is 0.454. The van der Waals surface area contributed by atoms with Crippen LogP contribution in [0.15, 0.2) is 0 Å². The molecule has 1 saturated heterocycles. The first-order chi connectivity index (χ1) is 6.36. The van der Waals surface area contributed by atoms with E-state index in [1.165, 1.54) is 25.8 Å². The fourth-order valence-corrected chi connectivity index (χ4v) is 1.85. The Bertz CT molecular complexity index is 153. The van der Waals surface area contributed by atoms with Crippen molar-refractivity contribution in [1.82, 2.24) is 10.2 Å². The van der Waals surface area contributed by atoms with Gasteiger partial charge in [0.2, 0.25) is 0 Å². The van der Waals surface area contributed by atoms with Crippen molar-refractivity contribution in [2.24, 2.45) is 0 Å². The Morgan fingerprint density at radius 3 is 2.92 bits per heavy atom. The first-order valence-corrected chi connectivity index (χ1v) is 5.39. The second-order valence-corrected chi connectivity index (χ2v) is 4.20. The fourth-order valence-electron chi connectivity index (χ4n) is 1.85. The predicted molar refractivity (Wildman–Crippen MR) is 52.9 cm³/mol. The topological polar surface area (TPSA) is 24.5 Å². The molecule has 3 heteroatoms.